The topological polar surface area (TPSA) is 32.3 Å². The molecular formula is C15H20Cl2N2O. The molecule has 0 unspecified atom stereocenters. The smallest absolute Gasteiger partial charge is 0.234 e. The van der Waals surface area contributed by atoms with Crippen LogP contribution >= 0.6 is 23.2 Å². The van der Waals surface area contributed by atoms with Gasteiger partial charge in [-0.25, -0.2) is 0 Å². The lowest BCUT2D eigenvalue weighted by atomic mass is 10.1. The van der Waals surface area contributed by atoms with Gasteiger partial charge in [-0.2, -0.15) is 0 Å². The lowest BCUT2D eigenvalue weighted by molar-refractivity contribution is -0.123. The lowest BCUT2D eigenvalue weighted by Gasteiger charge is -2.26. The fourth-order valence-corrected chi connectivity index (χ4v) is 2.78. The van der Waals surface area contributed by atoms with Crippen molar-refractivity contribution >= 4 is 29.1 Å². The van der Waals surface area contributed by atoms with E-state index in [-0.39, 0.29) is 11.9 Å². The Balaban J connectivity index is 1.87. The van der Waals surface area contributed by atoms with E-state index < -0.39 is 0 Å². The van der Waals surface area contributed by atoms with Crippen LogP contribution in [0.1, 0.15) is 37.8 Å². The van der Waals surface area contributed by atoms with E-state index >= 15 is 0 Å². The second-order valence-corrected chi connectivity index (χ2v) is 6.11. The summed E-state index contributed by atoms with van der Waals surface area (Å²) in [6, 6.07) is 5.38. The Kier molecular flexibility index (Phi) is 5.70. The minimum absolute atomic E-state index is 0.0606. The number of nitrogens with zero attached hydrogens (tertiary/aromatic N) is 1. The fraction of sp³-hybridized carbons (Fsp3) is 0.533. The van der Waals surface area contributed by atoms with Crippen LogP contribution in [0.2, 0.25) is 10.0 Å². The number of piperidine rings is 1. The molecule has 3 nitrogen and oxygen atoms in total. The van der Waals surface area contributed by atoms with Crippen molar-refractivity contribution in [2.24, 2.45) is 0 Å². The highest BCUT2D eigenvalue weighted by molar-refractivity contribution is 6.42. The second kappa shape index (κ2) is 7.30. The predicted octanol–water partition coefficient (Wildman–Crippen LogP) is 3.66. The molecule has 0 radical (unpaired) electrons. The predicted molar refractivity (Wildman–Crippen MR) is 83.3 cm³/mol. The van der Waals surface area contributed by atoms with Gasteiger partial charge in [0.1, 0.15) is 0 Å². The summed E-state index contributed by atoms with van der Waals surface area (Å²) in [4.78, 5) is 14.2. The molecule has 1 N–H and O–H groups in total. The maximum Gasteiger partial charge on any atom is 0.234 e. The quantitative estimate of drug-likeness (QED) is 0.920. The van der Waals surface area contributed by atoms with E-state index in [1.165, 1.54) is 19.3 Å². The Labute approximate surface area is 130 Å². The van der Waals surface area contributed by atoms with Crippen LogP contribution in [0.5, 0.6) is 0 Å². The molecular weight excluding hydrogens is 295 g/mol. The van der Waals surface area contributed by atoms with Crippen LogP contribution in [0.3, 0.4) is 0 Å². The standard InChI is InChI=1S/C15H20Cl2N2O/c1-11(12-5-6-13(16)14(17)9-12)18-15(20)10-19-7-3-2-4-8-19/h5-6,9,11H,2-4,7-8,10H2,1H3,(H,18,20)/t11-/m0/s1. The normalized spacial score (nSPS) is 17.8. The van der Waals surface area contributed by atoms with Gasteiger partial charge in [-0.3, -0.25) is 9.69 Å². The van der Waals surface area contributed by atoms with E-state index in [4.69, 9.17) is 23.2 Å². The zero-order valence-corrected chi connectivity index (χ0v) is 13.2. The number of hydrogen-bond acceptors (Lipinski definition) is 2. The van der Waals surface area contributed by atoms with Gasteiger partial charge in [-0.1, -0.05) is 35.7 Å². The van der Waals surface area contributed by atoms with E-state index in [0.29, 0.717) is 16.6 Å². The highest BCUT2D eigenvalue weighted by atomic mass is 35.5. The van der Waals surface area contributed by atoms with Gasteiger partial charge in [0.2, 0.25) is 5.91 Å². The summed E-state index contributed by atoms with van der Waals surface area (Å²) in [5.74, 6) is 0.0606. The van der Waals surface area contributed by atoms with Gasteiger partial charge in [0, 0.05) is 0 Å². The molecule has 110 valence electrons. The third-order valence-electron chi connectivity index (χ3n) is 3.64. The number of benzene rings is 1. The summed E-state index contributed by atoms with van der Waals surface area (Å²) in [6.45, 7) is 4.47. The number of carbonyl (C=O) groups excluding carboxylic acids is 1. The summed E-state index contributed by atoms with van der Waals surface area (Å²) in [7, 11) is 0. The van der Waals surface area contributed by atoms with Crippen molar-refractivity contribution < 1.29 is 4.79 Å². The second-order valence-electron chi connectivity index (χ2n) is 5.30. The molecule has 20 heavy (non-hydrogen) atoms. The first kappa shape index (κ1) is 15.6. The Morgan fingerprint density at radius 3 is 2.60 bits per heavy atom. The van der Waals surface area contributed by atoms with E-state index in [2.05, 4.69) is 10.2 Å². The van der Waals surface area contributed by atoms with Gasteiger partial charge in [0.05, 0.1) is 22.6 Å². The Morgan fingerprint density at radius 2 is 1.95 bits per heavy atom. The number of rotatable bonds is 4. The molecule has 0 aliphatic carbocycles. The molecule has 1 aromatic carbocycles. The largest absolute Gasteiger partial charge is 0.348 e. The van der Waals surface area contributed by atoms with Crippen LogP contribution in [-0.4, -0.2) is 30.4 Å². The van der Waals surface area contributed by atoms with Crippen molar-refractivity contribution in [1.29, 1.82) is 0 Å². The molecule has 0 bridgehead atoms. The van der Waals surface area contributed by atoms with Crippen molar-refractivity contribution in [2.75, 3.05) is 19.6 Å². The first-order chi connectivity index (χ1) is 9.56. The van der Waals surface area contributed by atoms with Gasteiger partial charge in [-0.15, -0.1) is 0 Å². The van der Waals surface area contributed by atoms with Crippen molar-refractivity contribution in [1.82, 2.24) is 10.2 Å². The molecule has 1 aliphatic rings. The Morgan fingerprint density at radius 1 is 1.25 bits per heavy atom. The van der Waals surface area contributed by atoms with Crippen LogP contribution in [0.25, 0.3) is 0 Å². The summed E-state index contributed by atoms with van der Waals surface area (Å²) in [5, 5.41) is 4.05. The highest BCUT2D eigenvalue weighted by Crippen LogP contribution is 2.25. The monoisotopic (exact) mass is 314 g/mol. The van der Waals surface area contributed by atoms with Crippen LogP contribution in [0, 0.1) is 0 Å². The molecule has 0 saturated carbocycles. The molecule has 2 rings (SSSR count). The van der Waals surface area contributed by atoms with E-state index in [1.807, 2.05) is 13.0 Å². The van der Waals surface area contributed by atoms with E-state index in [0.717, 1.165) is 18.7 Å². The third-order valence-corrected chi connectivity index (χ3v) is 4.38. The fourth-order valence-electron chi connectivity index (χ4n) is 2.47. The van der Waals surface area contributed by atoms with Gasteiger partial charge >= 0.3 is 0 Å². The maximum absolute atomic E-state index is 12.0. The molecule has 0 aromatic heterocycles. The third kappa shape index (κ3) is 4.37. The Bertz CT molecular complexity index is 473. The molecule has 5 heteroatoms. The lowest BCUT2D eigenvalue weighted by Crippen LogP contribution is -2.40. The summed E-state index contributed by atoms with van der Waals surface area (Å²) in [6.07, 6.45) is 3.66. The van der Waals surface area contributed by atoms with Crippen molar-refractivity contribution in [2.45, 2.75) is 32.2 Å². The molecule has 1 aliphatic heterocycles. The number of carbonyl (C=O) groups is 1. The highest BCUT2D eigenvalue weighted by Gasteiger charge is 2.16. The average Bonchev–Trinajstić information content (AvgIpc) is 2.42. The van der Waals surface area contributed by atoms with Gasteiger partial charge in [0.15, 0.2) is 0 Å². The molecule has 1 saturated heterocycles. The number of likely N-dealkylation sites (tertiary alicyclic amines) is 1. The van der Waals surface area contributed by atoms with E-state index in [9.17, 15) is 4.79 Å². The molecule has 1 aromatic rings. The Hall–Kier alpha value is -0.770. The zero-order valence-electron chi connectivity index (χ0n) is 11.7. The molecule has 1 atom stereocenters. The maximum atomic E-state index is 12.0. The zero-order chi connectivity index (χ0) is 14.5. The van der Waals surface area contributed by atoms with E-state index in [1.54, 1.807) is 12.1 Å². The van der Waals surface area contributed by atoms with Crippen molar-refractivity contribution in [3.8, 4) is 0 Å². The van der Waals surface area contributed by atoms with Crippen LogP contribution in [0.15, 0.2) is 18.2 Å². The van der Waals surface area contributed by atoms with Gasteiger partial charge < -0.3 is 5.32 Å². The van der Waals surface area contributed by atoms with Crippen LogP contribution in [0.4, 0.5) is 0 Å². The van der Waals surface area contributed by atoms with Gasteiger partial charge in [-0.05, 0) is 50.6 Å². The van der Waals surface area contributed by atoms with Crippen molar-refractivity contribution in [3.05, 3.63) is 33.8 Å². The number of halogens is 2. The molecule has 1 fully saturated rings. The summed E-state index contributed by atoms with van der Waals surface area (Å²) in [5.41, 5.74) is 0.964. The number of amides is 1. The molecule has 0 spiro atoms. The SMILES string of the molecule is C[C@H](NC(=O)CN1CCCCC1)c1ccc(Cl)c(Cl)c1. The van der Waals surface area contributed by atoms with Crippen molar-refractivity contribution in [3.63, 3.8) is 0 Å². The van der Waals surface area contributed by atoms with Gasteiger partial charge in [0.25, 0.3) is 0 Å². The van der Waals surface area contributed by atoms with Crippen LogP contribution in [-0.2, 0) is 4.79 Å². The number of hydrogen-bond donors (Lipinski definition) is 1. The minimum atomic E-state index is -0.0675. The first-order valence-corrected chi connectivity index (χ1v) is 7.78. The molecule has 1 amide bonds. The minimum Gasteiger partial charge on any atom is -0.348 e. The molecule has 1 heterocycles. The van der Waals surface area contributed by atoms with Crippen LogP contribution < -0.4 is 5.32 Å². The first-order valence-electron chi connectivity index (χ1n) is 7.03. The summed E-state index contributed by atoms with van der Waals surface area (Å²) >= 11 is 11.9. The average molecular weight is 315 g/mol. The summed E-state index contributed by atoms with van der Waals surface area (Å²) < 4.78 is 0. The number of nitrogens with one attached hydrogen (secondary N) is 1.